The van der Waals surface area contributed by atoms with E-state index >= 15 is 0 Å². The van der Waals surface area contributed by atoms with Crippen molar-refractivity contribution in [2.24, 2.45) is 0 Å². The number of anilines is 1. The smallest absolute Gasteiger partial charge is 0.270 e. The number of para-hydroxylation sites is 1. The number of non-ortho nitro benzene ring substituents is 1. The molecule has 0 bridgehead atoms. The second kappa shape index (κ2) is 7.40. The van der Waals surface area contributed by atoms with Crippen LogP contribution in [-0.4, -0.2) is 10.8 Å². The Hall–Kier alpha value is -3.17. The van der Waals surface area contributed by atoms with Gasteiger partial charge in [-0.05, 0) is 30.7 Å². The minimum absolute atomic E-state index is 0.178. The van der Waals surface area contributed by atoms with Gasteiger partial charge in [-0.3, -0.25) is 14.9 Å². The van der Waals surface area contributed by atoms with E-state index in [1.165, 1.54) is 24.3 Å². The number of nitro benzene ring substituents is 1. The molecule has 0 saturated heterocycles. The first-order valence-electron chi connectivity index (χ1n) is 6.85. The standard InChI is InChI=1S/C17H12ClN3O3/c1-11-4-2-3-5-16(11)20-17(22)13(10-19)8-12-9-14(21(23)24)6-7-15(12)18/h2-9H,1H3,(H,20,22)/b13-8-. The summed E-state index contributed by atoms with van der Waals surface area (Å²) in [6.07, 6.45) is 1.23. The Kier molecular flexibility index (Phi) is 5.30. The summed E-state index contributed by atoms with van der Waals surface area (Å²) in [6.45, 7) is 1.82. The molecule has 0 aliphatic carbocycles. The first-order valence-corrected chi connectivity index (χ1v) is 7.23. The highest BCUT2D eigenvalue weighted by Crippen LogP contribution is 2.24. The minimum atomic E-state index is -0.616. The normalized spacial score (nSPS) is 10.8. The summed E-state index contributed by atoms with van der Waals surface area (Å²) >= 11 is 5.98. The Morgan fingerprint density at radius 2 is 2.04 bits per heavy atom. The van der Waals surface area contributed by atoms with Gasteiger partial charge in [0, 0.05) is 28.4 Å². The topological polar surface area (TPSA) is 96.0 Å². The van der Waals surface area contributed by atoms with E-state index in [0.717, 1.165) is 5.56 Å². The number of rotatable bonds is 4. The Morgan fingerprint density at radius 1 is 1.33 bits per heavy atom. The lowest BCUT2D eigenvalue weighted by Gasteiger charge is -2.07. The molecular weight excluding hydrogens is 330 g/mol. The number of nitrogens with one attached hydrogen (secondary N) is 1. The summed E-state index contributed by atoms with van der Waals surface area (Å²) in [5.41, 5.74) is 1.26. The van der Waals surface area contributed by atoms with Crippen molar-refractivity contribution in [1.82, 2.24) is 0 Å². The average Bonchev–Trinajstić information content (AvgIpc) is 2.55. The third kappa shape index (κ3) is 3.97. The fraction of sp³-hybridized carbons (Fsp3) is 0.0588. The predicted molar refractivity (Wildman–Crippen MR) is 91.5 cm³/mol. The van der Waals surface area contributed by atoms with Crippen molar-refractivity contribution in [3.05, 3.63) is 74.3 Å². The summed E-state index contributed by atoms with van der Waals surface area (Å²) in [5, 5.41) is 22.9. The van der Waals surface area contributed by atoms with Gasteiger partial charge in [0.05, 0.1) is 4.92 Å². The Balaban J connectivity index is 2.34. The van der Waals surface area contributed by atoms with Crippen LogP contribution in [0, 0.1) is 28.4 Å². The van der Waals surface area contributed by atoms with Gasteiger partial charge >= 0.3 is 0 Å². The molecule has 1 amide bonds. The molecule has 0 heterocycles. The van der Waals surface area contributed by atoms with Gasteiger partial charge in [-0.2, -0.15) is 5.26 Å². The Labute approximate surface area is 143 Å². The molecule has 120 valence electrons. The van der Waals surface area contributed by atoms with E-state index in [1.807, 2.05) is 19.1 Å². The second-order valence-electron chi connectivity index (χ2n) is 4.90. The van der Waals surface area contributed by atoms with Crippen LogP contribution < -0.4 is 5.32 Å². The molecule has 2 aromatic rings. The highest BCUT2D eigenvalue weighted by Gasteiger charge is 2.14. The van der Waals surface area contributed by atoms with E-state index < -0.39 is 10.8 Å². The van der Waals surface area contributed by atoms with Crippen LogP contribution in [0.15, 0.2) is 48.0 Å². The van der Waals surface area contributed by atoms with Gasteiger partial charge in [0.25, 0.3) is 11.6 Å². The van der Waals surface area contributed by atoms with E-state index in [0.29, 0.717) is 5.69 Å². The number of hydrogen-bond acceptors (Lipinski definition) is 4. The number of nitro groups is 1. The molecule has 1 N–H and O–H groups in total. The molecule has 0 saturated carbocycles. The fourth-order valence-electron chi connectivity index (χ4n) is 1.96. The van der Waals surface area contributed by atoms with Crippen LogP contribution in [0.25, 0.3) is 6.08 Å². The highest BCUT2D eigenvalue weighted by atomic mass is 35.5. The van der Waals surface area contributed by atoms with Crippen LogP contribution in [0.1, 0.15) is 11.1 Å². The summed E-state index contributed by atoms with van der Waals surface area (Å²) in [6, 6.07) is 12.7. The number of nitrogens with zero attached hydrogens (tertiary/aromatic N) is 2. The molecule has 0 spiro atoms. The lowest BCUT2D eigenvalue weighted by atomic mass is 10.1. The summed E-state index contributed by atoms with van der Waals surface area (Å²) < 4.78 is 0. The molecule has 0 aromatic heterocycles. The first-order chi connectivity index (χ1) is 11.4. The molecule has 0 fully saturated rings. The van der Waals surface area contributed by atoms with Crippen molar-refractivity contribution >= 4 is 35.0 Å². The fourth-order valence-corrected chi connectivity index (χ4v) is 2.13. The van der Waals surface area contributed by atoms with Crippen molar-refractivity contribution in [2.45, 2.75) is 6.92 Å². The molecule has 0 radical (unpaired) electrons. The predicted octanol–water partition coefficient (Wildman–Crippen LogP) is 4.10. The summed E-state index contributed by atoms with van der Waals surface area (Å²) in [4.78, 5) is 22.5. The molecule has 0 aliphatic rings. The number of amides is 1. The van der Waals surface area contributed by atoms with E-state index in [4.69, 9.17) is 11.6 Å². The number of aryl methyl sites for hydroxylation is 1. The van der Waals surface area contributed by atoms with Gasteiger partial charge in [-0.15, -0.1) is 0 Å². The van der Waals surface area contributed by atoms with Crippen LogP contribution in [0.5, 0.6) is 0 Å². The number of nitriles is 1. The van der Waals surface area contributed by atoms with Crippen molar-refractivity contribution in [3.8, 4) is 6.07 Å². The van der Waals surface area contributed by atoms with Crippen LogP contribution in [0.4, 0.5) is 11.4 Å². The zero-order valence-electron chi connectivity index (χ0n) is 12.6. The highest BCUT2D eigenvalue weighted by molar-refractivity contribution is 6.32. The minimum Gasteiger partial charge on any atom is -0.321 e. The van der Waals surface area contributed by atoms with Crippen LogP contribution >= 0.6 is 11.6 Å². The molecule has 0 unspecified atom stereocenters. The van der Waals surface area contributed by atoms with Crippen molar-refractivity contribution in [2.75, 3.05) is 5.32 Å². The van der Waals surface area contributed by atoms with Gasteiger partial charge in [-0.1, -0.05) is 29.8 Å². The van der Waals surface area contributed by atoms with Gasteiger partial charge < -0.3 is 5.32 Å². The quantitative estimate of drug-likeness (QED) is 0.392. The molecule has 0 aliphatic heterocycles. The van der Waals surface area contributed by atoms with Crippen LogP contribution in [0.3, 0.4) is 0 Å². The van der Waals surface area contributed by atoms with E-state index in [1.54, 1.807) is 18.2 Å². The number of carbonyl (C=O) groups excluding carboxylic acids is 1. The molecule has 24 heavy (non-hydrogen) atoms. The SMILES string of the molecule is Cc1ccccc1NC(=O)/C(C#N)=C\c1cc([N+](=O)[O-])ccc1Cl. The van der Waals surface area contributed by atoms with Crippen LogP contribution in [-0.2, 0) is 4.79 Å². The zero-order chi connectivity index (χ0) is 17.7. The zero-order valence-corrected chi connectivity index (χ0v) is 13.4. The molecule has 7 heteroatoms. The maximum Gasteiger partial charge on any atom is 0.270 e. The molecule has 2 aromatic carbocycles. The van der Waals surface area contributed by atoms with Crippen molar-refractivity contribution < 1.29 is 9.72 Å². The number of benzene rings is 2. The maximum atomic E-state index is 12.3. The number of halogens is 1. The van der Waals surface area contributed by atoms with Gasteiger partial charge in [0.2, 0.25) is 0 Å². The van der Waals surface area contributed by atoms with Crippen LogP contribution in [0.2, 0.25) is 5.02 Å². The van der Waals surface area contributed by atoms with Gasteiger partial charge in [0.1, 0.15) is 11.6 Å². The third-order valence-corrected chi connectivity index (χ3v) is 3.59. The lowest BCUT2D eigenvalue weighted by molar-refractivity contribution is -0.384. The molecule has 2 rings (SSSR count). The van der Waals surface area contributed by atoms with E-state index in [-0.39, 0.29) is 21.8 Å². The van der Waals surface area contributed by atoms with Crippen molar-refractivity contribution in [1.29, 1.82) is 5.26 Å². The van der Waals surface area contributed by atoms with Gasteiger partial charge in [0.15, 0.2) is 0 Å². The first kappa shape index (κ1) is 17.2. The molecule has 0 atom stereocenters. The summed E-state index contributed by atoms with van der Waals surface area (Å²) in [7, 11) is 0. The second-order valence-corrected chi connectivity index (χ2v) is 5.31. The average molecular weight is 342 g/mol. The Morgan fingerprint density at radius 3 is 2.67 bits per heavy atom. The number of hydrogen-bond donors (Lipinski definition) is 1. The monoisotopic (exact) mass is 341 g/mol. The Bertz CT molecular complexity index is 885. The maximum absolute atomic E-state index is 12.3. The molecule has 6 nitrogen and oxygen atoms in total. The number of carbonyl (C=O) groups is 1. The van der Waals surface area contributed by atoms with Gasteiger partial charge in [-0.25, -0.2) is 0 Å². The molecular formula is C17H12ClN3O3. The largest absolute Gasteiger partial charge is 0.321 e. The summed E-state index contributed by atoms with van der Waals surface area (Å²) in [5.74, 6) is -0.616. The lowest BCUT2D eigenvalue weighted by Crippen LogP contribution is -2.14. The van der Waals surface area contributed by atoms with E-state index in [9.17, 15) is 20.2 Å². The third-order valence-electron chi connectivity index (χ3n) is 3.25. The van der Waals surface area contributed by atoms with E-state index in [2.05, 4.69) is 5.32 Å². The van der Waals surface area contributed by atoms with Crippen molar-refractivity contribution in [3.63, 3.8) is 0 Å².